The third-order valence-corrected chi connectivity index (χ3v) is 3.87. The second kappa shape index (κ2) is 6.09. The Hall–Kier alpha value is -2.15. The largest absolute Gasteiger partial charge is 0.465 e. The fraction of sp³-hybridized carbons (Fsp3) is 0.429. The van der Waals surface area contributed by atoms with E-state index in [1.165, 1.54) is 17.0 Å². The first-order chi connectivity index (χ1) is 10.0. The number of carbonyl (C=O) groups is 2. The van der Waals surface area contributed by atoms with Crippen molar-refractivity contribution in [3.05, 3.63) is 30.1 Å². The van der Waals surface area contributed by atoms with Crippen LogP contribution in [-0.2, 0) is 4.79 Å². The van der Waals surface area contributed by atoms with E-state index in [-0.39, 0.29) is 18.8 Å². The van der Waals surface area contributed by atoms with Gasteiger partial charge in [0.1, 0.15) is 17.8 Å². The maximum absolute atomic E-state index is 13.0. The summed E-state index contributed by atoms with van der Waals surface area (Å²) in [6.45, 7) is 1.07. The minimum absolute atomic E-state index is 0.0491. The van der Waals surface area contributed by atoms with Crippen LogP contribution in [0.2, 0.25) is 0 Å². The van der Waals surface area contributed by atoms with Gasteiger partial charge in [-0.25, -0.2) is 9.18 Å². The van der Waals surface area contributed by atoms with Crippen LogP contribution in [0.5, 0.6) is 0 Å². The summed E-state index contributed by atoms with van der Waals surface area (Å²) >= 11 is 0. The van der Waals surface area contributed by atoms with Gasteiger partial charge in [0.15, 0.2) is 0 Å². The quantitative estimate of drug-likeness (QED) is 0.815. The van der Waals surface area contributed by atoms with E-state index in [0.29, 0.717) is 19.4 Å². The Balaban J connectivity index is 2.28. The summed E-state index contributed by atoms with van der Waals surface area (Å²) in [7, 11) is 1.63. The molecule has 1 aromatic carbocycles. The molecular formula is C14H18FN3O3. The molecule has 0 aromatic heterocycles. The van der Waals surface area contributed by atoms with Crippen molar-refractivity contribution < 1.29 is 19.1 Å². The minimum Gasteiger partial charge on any atom is -0.465 e. The summed E-state index contributed by atoms with van der Waals surface area (Å²) in [5.41, 5.74) is -0.174. The number of halogens is 1. The Kier molecular flexibility index (Phi) is 4.42. The zero-order valence-corrected chi connectivity index (χ0v) is 11.8. The van der Waals surface area contributed by atoms with Gasteiger partial charge in [-0.15, -0.1) is 0 Å². The summed E-state index contributed by atoms with van der Waals surface area (Å²) in [6.07, 6.45) is -0.307. The second-order valence-electron chi connectivity index (χ2n) is 4.98. The van der Waals surface area contributed by atoms with Crippen molar-refractivity contribution >= 4 is 18.1 Å². The molecule has 1 unspecified atom stereocenters. The number of carbonyl (C=O) groups excluding carboxylic acids is 1. The number of aldehydes is 1. The fourth-order valence-electron chi connectivity index (χ4n) is 2.69. The molecule has 6 nitrogen and oxygen atoms in total. The first-order valence-corrected chi connectivity index (χ1v) is 6.66. The standard InChI is InChI=1S/C14H18FN3O3/c1-16-14(6-9-19)10-17(7-8-18(14)13(20)21)12-4-2-11(15)3-5-12/h2-5,9,16H,6-8,10H2,1H3,(H,20,21). The van der Waals surface area contributed by atoms with Gasteiger partial charge >= 0.3 is 6.09 Å². The molecule has 2 rings (SSSR count). The van der Waals surface area contributed by atoms with E-state index >= 15 is 0 Å². The van der Waals surface area contributed by atoms with Crippen molar-refractivity contribution in [2.75, 3.05) is 31.6 Å². The Labute approximate surface area is 122 Å². The normalized spacial score (nSPS) is 22.2. The molecule has 2 N–H and O–H groups in total. The Bertz CT molecular complexity index is 523. The average Bonchev–Trinajstić information content (AvgIpc) is 2.48. The minimum atomic E-state index is -1.06. The first kappa shape index (κ1) is 15.2. The van der Waals surface area contributed by atoms with Gasteiger partial charge in [-0.05, 0) is 31.3 Å². The molecule has 0 aliphatic carbocycles. The molecule has 0 bridgehead atoms. The lowest BCUT2D eigenvalue weighted by molar-refractivity contribution is -0.110. The Morgan fingerprint density at radius 1 is 1.43 bits per heavy atom. The summed E-state index contributed by atoms with van der Waals surface area (Å²) in [5.74, 6) is -0.323. The lowest BCUT2D eigenvalue weighted by Gasteiger charge is -2.49. The summed E-state index contributed by atoms with van der Waals surface area (Å²) in [4.78, 5) is 25.6. The summed E-state index contributed by atoms with van der Waals surface area (Å²) in [5, 5.41) is 12.3. The van der Waals surface area contributed by atoms with E-state index in [0.717, 1.165) is 5.69 Å². The predicted molar refractivity (Wildman–Crippen MR) is 75.8 cm³/mol. The highest BCUT2D eigenvalue weighted by Gasteiger charge is 2.43. The van der Waals surface area contributed by atoms with Gasteiger partial charge in [0.05, 0.1) is 6.54 Å². The van der Waals surface area contributed by atoms with Crippen LogP contribution in [0.15, 0.2) is 24.3 Å². The Morgan fingerprint density at radius 3 is 2.62 bits per heavy atom. The number of likely N-dealkylation sites (N-methyl/N-ethyl adjacent to an activating group) is 1. The van der Waals surface area contributed by atoms with E-state index in [2.05, 4.69) is 5.32 Å². The molecule has 21 heavy (non-hydrogen) atoms. The second-order valence-corrected chi connectivity index (χ2v) is 4.98. The molecule has 7 heteroatoms. The number of rotatable bonds is 4. The molecule has 1 heterocycles. The molecule has 1 aliphatic rings. The van der Waals surface area contributed by atoms with Crippen LogP contribution in [0.3, 0.4) is 0 Å². The van der Waals surface area contributed by atoms with E-state index < -0.39 is 11.8 Å². The van der Waals surface area contributed by atoms with E-state index in [1.807, 2.05) is 4.90 Å². The highest BCUT2D eigenvalue weighted by atomic mass is 19.1. The maximum Gasteiger partial charge on any atom is 0.408 e. The van der Waals surface area contributed by atoms with Crippen molar-refractivity contribution in [3.8, 4) is 0 Å². The number of nitrogens with one attached hydrogen (secondary N) is 1. The van der Waals surface area contributed by atoms with Crippen molar-refractivity contribution in [1.29, 1.82) is 0 Å². The highest BCUT2D eigenvalue weighted by molar-refractivity contribution is 5.68. The third-order valence-electron chi connectivity index (χ3n) is 3.87. The molecule has 1 amide bonds. The number of anilines is 1. The lowest BCUT2D eigenvalue weighted by Crippen LogP contribution is -2.69. The average molecular weight is 295 g/mol. The lowest BCUT2D eigenvalue weighted by atomic mass is 10.0. The van der Waals surface area contributed by atoms with E-state index in [4.69, 9.17) is 0 Å². The van der Waals surface area contributed by atoms with Gasteiger partial charge in [-0.2, -0.15) is 0 Å². The van der Waals surface area contributed by atoms with Crippen LogP contribution in [0.1, 0.15) is 6.42 Å². The van der Waals surface area contributed by atoms with Crippen molar-refractivity contribution in [3.63, 3.8) is 0 Å². The highest BCUT2D eigenvalue weighted by Crippen LogP contribution is 2.26. The van der Waals surface area contributed by atoms with Crippen LogP contribution in [-0.4, -0.2) is 54.7 Å². The van der Waals surface area contributed by atoms with Crippen LogP contribution in [0.4, 0.5) is 14.9 Å². The van der Waals surface area contributed by atoms with Crippen LogP contribution >= 0.6 is 0 Å². The molecule has 0 spiro atoms. The zero-order valence-electron chi connectivity index (χ0n) is 11.8. The molecular weight excluding hydrogens is 277 g/mol. The molecule has 1 aliphatic heterocycles. The number of hydrogen-bond acceptors (Lipinski definition) is 4. The van der Waals surface area contributed by atoms with E-state index in [1.54, 1.807) is 19.2 Å². The SMILES string of the molecule is CNC1(CC=O)CN(c2ccc(F)cc2)CCN1C(=O)O. The number of carboxylic acid groups (broad SMARTS) is 1. The molecule has 1 saturated heterocycles. The molecule has 0 saturated carbocycles. The molecule has 114 valence electrons. The first-order valence-electron chi connectivity index (χ1n) is 6.66. The van der Waals surface area contributed by atoms with Gasteiger partial charge in [0.25, 0.3) is 0 Å². The van der Waals surface area contributed by atoms with Crippen LogP contribution < -0.4 is 10.2 Å². The summed E-state index contributed by atoms with van der Waals surface area (Å²) < 4.78 is 13.0. The maximum atomic E-state index is 13.0. The smallest absolute Gasteiger partial charge is 0.408 e. The Morgan fingerprint density at radius 2 is 2.10 bits per heavy atom. The van der Waals surface area contributed by atoms with Gasteiger partial charge in [0.2, 0.25) is 0 Å². The molecule has 1 aromatic rings. The number of hydrogen-bond donors (Lipinski definition) is 2. The third kappa shape index (κ3) is 2.97. The van der Waals surface area contributed by atoms with Crippen molar-refractivity contribution in [2.24, 2.45) is 0 Å². The van der Waals surface area contributed by atoms with Crippen molar-refractivity contribution in [1.82, 2.24) is 10.2 Å². The number of piperazine rings is 1. The molecule has 1 fully saturated rings. The molecule has 1 atom stereocenters. The summed E-state index contributed by atoms with van der Waals surface area (Å²) in [6, 6.07) is 6.01. The van der Waals surface area contributed by atoms with Gasteiger partial charge in [-0.3, -0.25) is 10.2 Å². The monoisotopic (exact) mass is 295 g/mol. The van der Waals surface area contributed by atoms with E-state index in [9.17, 15) is 19.1 Å². The van der Waals surface area contributed by atoms with Gasteiger partial charge < -0.3 is 14.8 Å². The molecule has 0 radical (unpaired) electrons. The van der Waals surface area contributed by atoms with Crippen LogP contribution in [0, 0.1) is 5.82 Å². The van der Waals surface area contributed by atoms with Gasteiger partial charge in [-0.1, -0.05) is 0 Å². The number of nitrogens with zero attached hydrogens (tertiary/aromatic N) is 2. The van der Waals surface area contributed by atoms with Crippen LogP contribution in [0.25, 0.3) is 0 Å². The zero-order chi connectivity index (χ0) is 15.5. The number of benzene rings is 1. The van der Waals surface area contributed by atoms with Crippen molar-refractivity contribution in [2.45, 2.75) is 12.1 Å². The van der Waals surface area contributed by atoms with Gasteiger partial charge in [0, 0.05) is 25.2 Å². The topological polar surface area (TPSA) is 72.9 Å². The predicted octanol–water partition coefficient (Wildman–Crippen LogP) is 1.13. The fourth-order valence-corrected chi connectivity index (χ4v) is 2.69. The number of amides is 1.